The fourth-order valence-corrected chi connectivity index (χ4v) is 3.27. The Morgan fingerprint density at radius 3 is 2.48 bits per heavy atom. The third-order valence-corrected chi connectivity index (χ3v) is 4.96. The number of piperazine rings is 1. The lowest BCUT2D eigenvalue weighted by molar-refractivity contribution is -0.181. The van der Waals surface area contributed by atoms with Gasteiger partial charge in [0.25, 0.3) is 0 Å². The molecule has 1 aromatic rings. The molecule has 1 aliphatic rings. The number of nitrogens with one attached hydrogen (secondary N) is 1. The molecule has 0 aliphatic carbocycles. The van der Waals surface area contributed by atoms with Crippen LogP contribution >= 0.6 is 0 Å². The van der Waals surface area contributed by atoms with Crippen LogP contribution in [0, 0.1) is 6.92 Å². The van der Waals surface area contributed by atoms with Crippen LogP contribution in [-0.4, -0.2) is 74.9 Å². The molecule has 1 unspecified atom stereocenters. The lowest BCUT2D eigenvalue weighted by Crippen LogP contribution is -2.56. The van der Waals surface area contributed by atoms with Gasteiger partial charge in [0, 0.05) is 39.8 Å². The number of guanidine groups is 1. The Balaban J connectivity index is 1.86. The molecule has 0 saturated carbocycles. The summed E-state index contributed by atoms with van der Waals surface area (Å²) in [6, 6.07) is 4.65. The molecule has 1 atom stereocenters. The number of nitrogens with zero attached hydrogens (tertiary/aromatic N) is 3. The highest BCUT2D eigenvalue weighted by atomic mass is 19.4. The fraction of sp³-hybridized carbons (Fsp3) is 0.632. The minimum atomic E-state index is -4.19. The second-order valence-corrected chi connectivity index (χ2v) is 6.78. The second-order valence-electron chi connectivity index (χ2n) is 6.78. The Kier molecular flexibility index (Phi) is 7.35. The molecule has 1 aliphatic heterocycles. The number of alkyl halides is 3. The number of aliphatic imine (C=N–C) groups is 1. The smallest absolute Gasteiger partial charge is 0.403 e. The van der Waals surface area contributed by atoms with Gasteiger partial charge in [-0.3, -0.25) is 9.89 Å². The molecule has 1 aromatic carbocycles. The lowest BCUT2D eigenvalue weighted by Gasteiger charge is -2.39. The molecule has 152 valence electrons. The molecule has 0 bridgehead atoms. The molecule has 8 heteroatoms. The van der Waals surface area contributed by atoms with Crippen LogP contribution in [0.4, 0.5) is 13.2 Å². The Labute approximate surface area is 159 Å². The van der Waals surface area contributed by atoms with Crippen LogP contribution in [0.2, 0.25) is 0 Å². The summed E-state index contributed by atoms with van der Waals surface area (Å²) in [6.45, 7) is 5.71. The van der Waals surface area contributed by atoms with Gasteiger partial charge >= 0.3 is 6.18 Å². The van der Waals surface area contributed by atoms with Crippen molar-refractivity contribution in [2.75, 3.05) is 46.9 Å². The number of halogens is 3. The topological polar surface area (TPSA) is 40.1 Å². The monoisotopic (exact) mass is 386 g/mol. The van der Waals surface area contributed by atoms with Crippen molar-refractivity contribution in [1.82, 2.24) is 15.1 Å². The molecular weight excluding hydrogens is 357 g/mol. The first-order valence-corrected chi connectivity index (χ1v) is 9.16. The van der Waals surface area contributed by atoms with E-state index in [1.54, 1.807) is 14.2 Å². The third-order valence-electron chi connectivity index (χ3n) is 4.96. The minimum Gasteiger partial charge on any atom is -0.496 e. The van der Waals surface area contributed by atoms with Crippen molar-refractivity contribution < 1.29 is 17.9 Å². The number of hydrogen-bond donors (Lipinski definition) is 1. The van der Waals surface area contributed by atoms with Crippen LogP contribution in [0.15, 0.2) is 23.2 Å². The van der Waals surface area contributed by atoms with Gasteiger partial charge in [0.05, 0.1) is 7.11 Å². The summed E-state index contributed by atoms with van der Waals surface area (Å²) in [5, 5.41) is 3.31. The molecule has 1 saturated heterocycles. The van der Waals surface area contributed by atoms with Gasteiger partial charge in [-0.05, 0) is 31.9 Å². The van der Waals surface area contributed by atoms with Crippen LogP contribution in [0.1, 0.15) is 18.1 Å². The molecular formula is C19H29F3N4O. The van der Waals surface area contributed by atoms with Gasteiger partial charge < -0.3 is 15.0 Å². The number of hydrogen-bond acceptors (Lipinski definition) is 3. The van der Waals surface area contributed by atoms with Crippen molar-refractivity contribution in [2.24, 2.45) is 4.99 Å². The van der Waals surface area contributed by atoms with Crippen molar-refractivity contribution in [3.05, 3.63) is 29.3 Å². The third kappa shape index (κ3) is 5.76. The summed E-state index contributed by atoms with van der Waals surface area (Å²) >= 11 is 0. The van der Waals surface area contributed by atoms with E-state index < -0.39 is 12.2 Å². The van der Waals surface area contributed by atoms with Crippen LogP contribution in [0.25, 0.3) is 0 Å². The molecule has 0 aromatic heterocycles. The van der Waals surface area contributed by atoms with E-state index in [9.17, 15) is 13.2 Å². The molecule has 2 rings (SSSR count). The molecule has 0 radical (unpaired) electrons. The van der Waals surface area contributed by atoms with E-state index in [0.29, 0.717) is 32.7 Å². The van der Waals surface area contributed by atoms with Crippen molar-refractivity contribution >= 4 is 5.96 Å². The number of ether oxygens (including phenoxy) is 1. The molecule has 0 amide bonds. The van der Waals surface area contributed by atoms with Gasteiger partial charge in [0.1, 0.15) is 11.8 Å². The van der Waals surface area contributed by atoms with Crippen LogP contribution < -0.4 is 10.1 Å². The van der Waals surface area contributed by atoms with E-state index in [1.165, 1.54) is 17.4 Å². The zero-order valence-electron chi connectivity index (χ0n) is 16.4. The molecule has 27 heavy (non-hydrogen) atoms. The Morgan fingerprint density at radius 2 is 1.93 bits per heavy atom. The van der Waals surface area contributed by atoms with E-state index in [4.69, 9.17) is 4.74 Å². The standard InChI is InChI=1S/C19H29F3N4O/c1-14-5-6-17(27-4)16(13-14)7-8-24-18(23-3)26-11-9-25(10-12-26)15(2)19(20,21)22/h5-6,13,15H,7-12H2,1-4H3,(H,23,24). The van der Waals surface area contributed by atoms with Gasteiger partial charge in [-0.15, -0.1) is 0 Å². The predicted molar refractivity (Wildman–Crippen MR) is 101 cm³/mol. The molecule has 5 nitrogen and oxygen atoms in total. The zero-order valence-corrected chi connectivity index (χ0v) is 16.4. The highest BCUT2D eigenvalue weighted by molar-refractivity contribution is 5.80. The van der Waals surface area contributed by atoms with Crippen LogP contribution in [-0.2, 0) is 6.42 Å². The summed E-state index contributed by atoms with van der Waals surface area (Å²) < 4.78 is 44.0. The minimum absolute atomic E-state index is 0.368. The molecule has 0 spiro atoms. The highest BCUT2D eigenvalue weighted by Crippen LogP contribution is 2.25. The summed E-state index contributed by atoms with van der Waals surface area (Å²) in [5.74, 6) is 1.58. The fourth-order valence-electron chi connectivity index (χ4n) is 3.27. The number of rotatable bonds is 5. The van der Waals surface area contributed by atoms with Gasteiger partial charge in [-0.1, -0.05) is 17.7 Å². The van der Waals surface area contributed by atoms with Gasteiger partial charge in [-0.25, -0.2) is 0 Å². The average molecular weight is 386 g/mol. The number of aryl methyl sites for hydroxylation is 1. The quantitative estimate of drug-likeness (QED) is 0.624. The highest BCUT2D eigenvalue weighted by Gasteiger charge is 2.41. The van der Waals surface area contributed by atoms with Crippen LogP contribution in [0.3, 0.4) is 0 Å². The first-order valence-electron chi connectivity index (χ1n) is 9.16. The van der Waals surface area contributed by atoms with Gasteiger partial charge in [0.2, 0.25) is 0 Å². The van der Waals surface area contributed by atoms with Gasteiger partial charge in [-0.2, -0.15) is 13.2 Å². The van der Waals surface area contributed by atoms with Crippen molar-refractivity contribution in [1.29, 1.82) is 0 Å². The summed E-state index contributed by atoms with van der Waals surface area (Å²) in [5.41, 5.74) is 2.29. The predicted octanol–water partition coefficient (Wildman–Crippen LogP) is 2.69. The Morgan fingerprint density at radius 1 is 1.26 bits per heavy atom. The SMILES string of the molecule is CN=C(NCCc1cc(C)ccc1OC)N1CCN(C(C)C(F)(F)F)CC1. The first-order chi connectivity index (χ1) is 12.8. The average Bonchev–Trinajstić information content (AvgIpc) is 2.64. The van der Waals surface area contributed by atoms with Gasteiger partial charge in [0.15, 0.2) is 5.96 Å². The molecule has 1 heterocycles. The second kappa shape index (κ2) is 9.30. The first kappa shape index (κ1) is 21.3. The van der Waals surface area contributed by atoms with Crippen LogP contribution in [0.5, 0.6) is 5.75 Å². The van der Waals surface area contributed by atoms with E-state index in [2.05, 4.69) is 16.4 Å². The molecule has 1 fully saturated rings. The Hall–Kier alpha value is -1.96. The summed E-state index contributed by atoms with van der Waals surface area (Å²) in [4.78, 5) is 7.76. The van der Waals surface area contributed by atoms with E-state index in [1.807, 2.05) is 24.0 Å². The number of benzene rings is 1. The maximum atomic E-state index is 12.9. The normalized spacial score (nSPS) is 17.7. The largest absolute Gasteiger partial charge is 0.496 e. The molecule has 1 N–H and O–H groups in total. The van der Waals surface area contributed by atoms with Crippen molar-refractivity contribution in [2.45, 2.75) is 32.5 Å². The maximum Gasteiger partial charge on any atom is 0.403 e. The van der Waals surface area contributed by atoms with Crippen molar-refractivity contribution in [3.8, 4) is 5.75 Å². The van der Waals surface area contributed by atoms with Crippen molar-refractivity contribution in [3.63, 3.8) is 0 Å². The van der Waals surface area contributed by atoms with E-state index in [-0.39, 0.29) is 0 Å². The number of methoxy groups -OCH3 is 1. The summed E-state index contributed by atoms with van der Waals surface area (Å²) in [7, 11) is 3.35. The van der Waals surface area contributed by atoms with E-state index >= 15 is 0 Å². The lowest BCUT2D eigenvalue weighted by atomic mass is 10.1. The van der Waals surface area contributed by atoms with E-state index in [0.717, 1.165) is 23.7 Å². The zero-order chi connectivity index (χ0) is 20.0. The Bertz CT molecular complexity index is 640. The summed E-state index contributed by atoms with van der Waals surface area (Å²) in [6.07, 6.45) is -3.41. The maximum absolute atomic E-state index is 12.9.